The molecule has 1 aromatic rings. The Balaban J connectivity index is 2.56. The lowest BCUT2D eigenvalue weighted by molar-refractivity contribution is 0.0208. The fourth-order valence-corrected chi connectivity index (χ4v) is 1.45. The minimum atomic E-state index is -0.221. The Hall–Kier alpha value is -0.870. The molecule has 0 aliphatic carbocycles. The number of halogens is 1. The highest BCUT2D eigenvalue weighted by atomic mass is 79.9. The molecule has 0 saturated carbocycles. The molecular formula is C12H16BrNO2. The summed E-state index contributed by atoms with van der Waals surface area (Å²) in [6.07, 6.45) is 0. The van der Waals surface area contributed by atoms with Crippen molar-refractivity contribution in [2.75, 3.05) is 6.61 Å². The molecule has 0 fully saturated rings. The fourth-order valence-electron chi connectivity index (χ4n) is 1.07. The lowest BCUT2D eigenvalue weighted by Crippen LogP contribution is -2.25. The van der Waals surface area contributed by atoms with Gasteiger partial charge in [0.15, 0.2) is 0 Å². The number of benzene rings is 1. The van der Waals surface area contributed by atoms with Gasteiger partial charge in [0, 0.05) is 10.0 Å². The van der Waals surface area contributed by atoms with E-state index in [1.165, 1.54) is 0 Å². The molecule has 0 spiro atoms. The van der Waals surface area contributed by atoms with Gasteiger partial charge >= 0.3 is 0 Å². The van der Waals surface area contributed by atoms with Gasteiger partial charge in [0.2, 0.25) is 0 Å². The zero-order valence-corrected chi connectivity index (χ0v) is 11.3. The number of carbonyl (C=O) groups excluding carboxylic acids is 1. The van der Waals surface area contributed by atoms with Crippen molar-refractivity contribution in [3.05, 3.63) is 33.8 Å². The molecule has 1 aromatic carbocycles. The molecule has 3 nitrogen and oxygen atoms in total. The van der Waals surface area contributed by atoms with Crippen LogP contribution in [0.4, 0.5) is 0 Å². The van der Waals surface area contributed by atoms with Crippen LogP contribution in [0.15, 0.2) is 22.7 Å². The molecule has 1 amide bonds. The van der Waals surface area contributed by atoms with Crippen LogP contribution in [0.2, 0.25) is 0 Å². The van der Waals surface area contributed by atoms with E-state index in [-0.39, 0.29) is 5.91 Å². The maximum atomic E-state index is 11.6. The largest absolute Gasteiger partial charge is 0.274 e. The molecule has 1 rings (SSSR count). The van der Waals surface area contributed by atoms with Gasteiger partial charge in [-0.15, -0.1) is 0 Å². The smallest absolute Gasteiger partial charge is 0.273 e. The van der Waals surface area contributed by atoms with Gasteiger partial charge in [0.05, 0.1) is 6.61 Å². The molecule has 0 unspecified atom stereocenters. The summed E-state index contributed by atoms with van der Waals surface area (Å²) in [4.78, 5) is 16.7. The molecule has 16 heavy (non-hydrogen) atoms. The van der Waals surface area contributed by atoms with Crippen molar-refractivity contribution in [3.8, 4) is 0 Å². The third-order valence-corrected chi connectivity index (χ3v) is 2.87. The quantitative estimate of drug-likeness (QED) is 0.864. The summed E-state index contributed by atoms with van der Waals surface area (Å²) in [6, 6.07) is 5.44. The summed E-state index contributed by atoms with van der Waals surface area (Å²) in [5.74, 6) is 0.173. The van der Waals surface area contributed by atoms with Crippen molar-refractivity contribution < 1.29 is 9.63 Å². The van der Waals surface area contributed by atoms with Crippen molar-refractivity contribution >= 4 is 21.8 Å². The third-order valence-electron chi connectivity index (χ3n) is 2.02. The highest BCUT2D eigenvalue weighted by Gasteiger charge is 2.07. The van der Waals surface area contributed by atoms with Crippen molar-refractivity contribution in [3.63, 3.8) is 0 Å². The van der Waals surface area contributed by atoms with Crippen LogP contribution in [0.3, 0.4) is 0 Å². The lowest BCUT2D eigenvalue weighted by Gasteiger charge is -2.08. The number of amides is 1. The number of hydroxylamine groups is 1. The second-order valence-corrected chi connectivity index (χ2v) is 4.95. The number of aryl methyl sites for hydroxylation is 1. The molecule has 1 N–H and O–H groups in total. The Morgan fingerprint density at radius 2 is 2.19 bits per heavy atom. The lowest BCUT2D eigenvalue weighted by atomic mass is 10.1. The summed E-state index contributed by atoms with van der Waals surface area (Å²) < 4.78 is 0.920. The Morgan fingerprint density at radius 3 is 2.75 bits per heavy atom. The Morgan fingerprint density at radius 1 is 1.50 bits per heavy atom. The molecule has 0 heterocycles. The van der Waals surface area contributed by atoms with Crippen LogP contribution >= 0.6 is 15.9 Å². The molecule has 0 aromatic heterocycles. The molecular weight excluding hydrogens is 270 g/mol. The van der Waals surface area contributed by atoms with E-state index in [0.29, 0.717) is 18.1 Å². The average Bonchev–Trinajstić information content (AvgIpc) is 2.21. The number of carbonyl (C=O) groups is 1. The molecule has 0 aliphatic heterocycles. The minimum absolute atomic E-state index is 0.221. The van der Waals surface area contributed by atoms with Crippen LogP contribution in [0.5, 0.6) is 0 Å². The SMILES string of the molecule is Cc1ccc(C(=O)NOCC(C)C)cc1Br. The van der Waals surface area contributed by atoms with E-state index in [4.69, 9.17) is 4.84 Å². The van der Waals surface area contributed by atoms with Gasteiger partial charge in [-0.2, -0.15) is 0 Å². The molecule has 0 bridgehead atoms. The van der Waals surface area contributed by atoms with Crippen LogP contribution in [0.1, 0.15) is 29.8 Å². The molecule has 0 radical (unpaired) electrons. The topological polar surface area (TPSA) is 38.3 Å². The summed E-state index contributed by atoms with van der Waals surface area (Å²) >= 11 is 3.38. The first kappa shape index (κ1) is 13.2. The van der Waals surface area contributed by atoms with Gasteiger partial charge in [-0.3, -0.25) is 9.63 Å². The van der Waals surface area contributed by atoms with Crippen molar-refractivity contribution in [1.82, 2.24) is 5.48 Å². The maximum Gasteiger partial charge on any atom is 0.274 e. The monoisotopic (exact) mass is 285 g/mol. The Bertz CT molecular complexity index is 377. The fraction of sp³-hybridized carbons (Fsp3) is 0.417. The van der Waals surface area contributed by atoms with Crippen molar-refractivity contribution in [2.24, 2.45) is 5.92 Å². The summed E-state index contributed by atoms with van der Waals surface area (Å²) in [5, 5.41) is 0. The second kappa shape index (κ2) is 6.01. The number of rotatable bonds is 4. The van der Waals surface area contributed by atoms with Gasteiger partial charge in [0.25, 0.3) is 5.91 Å². The standard InChI is InChI=1S/C12H16BrNO2/c1-8(2)7-16-14-12(15)10-5-4-9(3)11(13)6-10/h4-6,8H,7H2,1-3H3,(H,14,15). The van der Waals surface area contributed by atoms with Crippen LogP contribution < -0.4 is 5.48 Å². The third kappa shape index (κ3) is 3.94. The van der Waals surface area contributed by atoms with E-state index in [1.54, 1.807) is 12.1 Å². The van der Waals surface area contributed by atoms with Crippen molar-refractivity contribution in [1.29, 1.82) is 0 Å². The van der Waals surface area contributed by atoms with Crippen LogP contribution in [0.25, 0.3) is 0 Å². The first-order chi connectivity index (χ1) is 7.50. The van der Waals surface area contributed by atoms with E-state index in [0.717, 1.165) is 10.0 Å². The summed E-state index contributed by atoms with van der Waals surface area (Å²) in [6.45, 7) is 6.53. The van der Waals surface area contributed by atoms with E-state index >= 15 is 0 Å². The molecule has 0 aliphatic rings. The van der Waals surface area contributed by atoms with Gasteiger partial charge < -0.3 is 0 Å². The predicted octanol–water partition coefficient (Wildman–Crippen LogP) is 3.07. The molecule has 4 heteroatoms. The number of hydrogen-bond acceptors (Lipinski definition) is 2. The zero-order chi connectivity index (χ0) is 12.1. The van der Waals surface area contributed by atoms with E-state index in [2.05, 4.69) is 21.4 Å². The van der Waals surface area contributed by atoms with Crippen LogP contribution in [-0.4, -0.2) is 12.5 Å². The first-order valence-electron chi connectivity index (χ1n) is 5.19. The van der Waals surface area contributed by atoms with Gasteiger partial charge in [-0.05, 0) is 30.5 Å². The van der Waals surface area contributed by atoms with Gasteiger partial charge in [0.1, 0.15) is 0 Å². The normalized spacial score (nSPS) is 10.6. The highest BCUT2D eigenvalue weighted by Crippen LogP contribution is 2.17. The summed E-state index contributed by atoms with van der Waals surface area (Å²) in [5.41, 5.74) is 4.10. The van der Waals surface area contributed by atoms with Crippen molar-refractivity contribution in [2.45, 2.75) is 20.8 Å². The van der Waals surface area contributed by atoms with E-state index in [9.17, 15) is 4.79 Å². The second-order valence-electron chi connectivity index (χ2n) is 4.10. The zero-order valence-electron chi connectivity index (χ0n) is 9.71. The van der Waals surface area contributed by atoms with E-state index < -0.39 is 0 Å². The maximum absolute atomic E-state index is 11.6. The number of hydrogen-bond donors (Lipinski definition) is 1. The van der Waals surface area contributed by atoms with Gasteiger partial charge in [-0.1, -0.05) is 35.8 Å². The molecule has 0 atom stereocenters. The van der Waals surface area contributed by atoms with Crippen LogP contribution in [-0.2, 0) is 4.84 Å². The Kier molecular flexibility index (Phi) is 4.96. The number of nitrogens with one attached hydrogen (secondary N) is 1. The minimum Gasteiger partial charge on any atom is -0.273 e. The summed E-state index contributed by atoms with van der Waals surface area (Å²) in [7, 11) is 0. The average molecular weight is 286 g/mol. The van der Waals surface area contributed by atoms with Gasteiger partial charge in [-0.25, -0.2) is 5.48 Å². The predicted molar refractivity (Wildman–Crippen MR) is 67.1 cm³/mol. The first-order valence-corrected chi connectivity index (χ1v) is 5.98. The molecule has 0 saturated heterocycles. The Labute approximate surface area is 104 Å². The van der Waals surface area contributed by atoms with Crippen LogP contribution in [0, 0.1) is 12.8 Å². The van der Waals surface area contributed by atoms with E-state index in [1.807, 2.05) is 26.8 Å². The molecule has 88 valence electrons. The highest BCUT2D eigenvalue weighted by molar-refractivity contribution is 9.10.